The summed E-state index contributed by atoms with van der Waals surface area (Å²) in [5, 5.41) is 9.11. The quantitative estimate of drug-likeness (QED) is 0.812. The van der Waals surface area contributed by atoms with E-state index in [9.17, 15) is 18.4 Å². The van der Waals surface area contributed by atoms with Crippen LogP contribution in [-0.4, -0.2) is 29.4 Å². The van der Waals surface area contributed by atoms with E-state index in [1.165, 1.54) is 13.1 Å². The molecule has 1 N–H and O–H groups in total. The van der Waals surface area contributed by atoms with Gasteiger partial charge in [0.1, 0.15) is 0 Å². The molecule has 0 aliphatic heterocycles. The van der Waals surface area contributed by atoms with Crippen molar-refractivity contribution >= 4 is 12.4 Å². The molecule has 92 valence electrons. The maximum Gasteiger partial charge on any atom is 0.334 e. The van der Waals surface area contributed by atoms with Crippen LogP contribution in [0.5, 0.6) is 0 Å². The van der Waals surface area contributed by atoms with Crippen molar-refractivity contribution in [2.45, 2.75) is 12.5 Å². The first-order valence-corrected chi connectivity index (χ1v) is 4.71. The van der Waals surface area contributed by atoms with Gasteiger partial charge in [-0.05, 0) is 13.0 Å². The van der Waals surface area contributed by atoms with Gasteiger partial charge in [0, 0.05) is 12.6 Å². The summed E-state index contributed by atoms with van der Waals surface area (Å²) in [7, 11) is 1.19. The lowest BCUT2D eigenvalue weighted by Crippen LogP contribution is -2.47. The minimum Gasteiger partial charge on any atom is -0.479 e. The number of hydrogen-bond acceptors (Lipinski definition) is 2. The monoisotopic (exact) mass is 243 g/mol. The molecule has 1 aromatic carbocycles. The standard InChI is InChI=1S/C11H11F2NO3/c1-11(10(16)17,14(2)6-15)7-4-3-5-8(12)9(7)13/h3-6H,1-2H3,(H,16,17). The van der Waals surface area contributed by atoms with Gasteiger partial charge in [-0.2, -0.15) is 0 Å². The number of likely N-dealkylation sites (N-methyl/N-ethyl adjacent to an activating group) is 1. The molecule has 1 atom stereocenters. The van der Waals surface area contributed by atoms with Gasteiger partial charge in [-0.15, -0.1) is 0 Å². The molecule has 17 heavy (non-hydrogen) atoms. The molecule has 0 heterocycles. The van der Waals surface area contributed by atoms with Crippen molar-refractivity contribution in [3.63, 3.8) is 0 Å². The van der Waals surface area contributed by atoms with Crippen LogP contribution >= 0.6 is 0 Å². The average molecular weight is 243 g/mol. The van der Waals surface area contributed by atoms with Gasteiger partial charge in [-0.1, -0.05) is 12.1 Å². The average Bonchev–Trinajstić information content (AvgIpc) is 2.30. The van der Waals surface area contributed by atoms with E-state index in [1.54, 1.807) is 0 Å². The maximum absolute atomic E-state index is 13.6. The summed E-state index contributed by atoms with van der Waals surface area (Å²) in [5.74, 6) is -3.88. The number of carboxylic acids is 1. The van der Waals surface area contributed by atoms with Crippen LogP contribution < -0.4 is 0 Å². The molecule has 1 aromatic rings. The van der Waals surface area contributed by atoms with Gasteiger partial charge in [-0.25, -0.2) is 13.6 Å². The number of amides is 1. The zero-order valence-electron chi connectivity index (χ0n) is 9.28. The first-order valence-electron chi connectivity index (χ1n) is 4.71. The van der Waals surface area contributed by atoms with Gasteiger partial charge in [0.2, 0.25) is 6.41 Å². The summed E-state index contributed by atoms with van der Waals surface area (Å²) in [5.41, 5.74) is -2.35. The summed E-state index contributed by atoms with van der Waals surface area (Å²) in [6, 6.07) is 3.20. The Balaban J connectivity index is 3.48. The zero-order valence-corrected chi connectivity index (χ0v) is 9.28. The lowest BCUT2D eigenvalue weighted by Gasteiger charge is -2.32. The van der Waals surface area contributed by atoms with Gasteiger partial charge in [0.25, 0.3) is 0 Å². The van der Waals surface area contributed by atoms with Crippen LogP contribution in [0.25, 0.3) is 0 Å². The summed E-state index contributed by atoms with van der Waals surface area (Å²) in [4.78, 5) is 22.6. The number of carbonyl (C=O) groups excluding carboxylic acids is 1. The Morgan fingerprint density at radius 2 is 2.06 bits per heavy atom. The largest absolute Gasteiger partial charge is 0.479 e. The zero-order chi connectivity index (χ0) is 13.2. The molecule has 0 aromatic heterocycles. The van der Waals surface area contributed by atoms with E-state index < -0.39 is 28.7 Å². The van der Waals surface area contributed by atoms with Crippen LogP contribution in [0.2, 0.25) is 0 Å². The molecule has 4 nitrogen and oxygen atoms in total. The number of hydrogen-bond donors (Lipinski definition) is 1. The molecule has 0 radical (unpaired) electrons. The van der Waals surface area contributed by atoms with Crippen molar-refractivity contribution in [2.75, 3.05) is 7.05 Å². The molecule has 0 bridgehead atoms. The predicted molar refractivity (Wildman–Crippen MR) is 55.2 cm³/mol. The fourth-order valence-electron chi connectivity index (χ4n) is 1.44. The molecular weight excluding hydrogens is 232 g/mol. The molecule has 0 aliphatic carbocycles. The second-order valence-corrected chi connectivity index (χ2v) is 3.70. The molecule has 0 saturated carbocycles. The number of nitrogens with zero attached hydrogens (tertiary/aromatic N) is 1. The number of benzene rings is 1. The van der Waals surface area contributed by atoms with E-state index in [0.29, 0.717) is 0 Å². The fraction of sp³-hybridized carbons (Fsp3) is 0.273. The molecule has 1 rings (SSSR count). The summed E-state index contributed by atoms with van der Waals surface area (Å²) in [6.07, 6.45) is 0.248. The Bertz CT molecular complexity index is 464. The van der Waals surface area contributed by atoms with Crippen molar-refractivity contribution in [3.05, 3.63) is 35.4 Å². The third-order valence-corrected chi connectivity index (χ3v) is 2.76. The van der Waals surface area contributed by atoms with Crippen molar-refractivity contribution in [1.82, 2.24) is 4.90 Å². The van der Waals surface area contributed by atoms with Crippen LogP contribution in [0.15, 0.2) is 18.2 Å². The molecule has 0 fully saturated rings. The Hall–Kier alpha value is -1.98. The number of halogens is 2. The minimum absolute atomic E-state index is 0.248. The van der Waals surface area contributed by atoms with Crippen LogP contribution in [0.4, 0.5) is 8.78 Å². The van der Waals surface area contributed by atoms with Gasteiger partial charge in [0.15, 0.2) is 17.2 Å². The minimum atomic E-state index is -1.95. The number of carbonyl (C=O) groups is 2. The normalized spacial score (nSPS) is 13.9. The van der Waals surface area contributed by atoms with Crippen molar-refractivity contribution in [1.29, 1.82) is 0 Å². The third-order valence-electron chi connectivity index (χ3n) is 2.76. The molecule has 1 unspecified atom stereocenters. The number of aliphatic carboxylic acids is 1. The lowest BCUT2D eigenvalue weighted by atomic mass is 9.90. The van der Waals surface area contributed by atoms with Gasteiger partial charge >= 0.3 is 5.97 Å². The molecule has 0 aliphatic rings. The fourth-order valence-corrected chi connectivity index (χ4v) is 1.44. The van der Waals surface area contributed by atoms with Crippen molar-refractivity contribution in [3.8, 4) is 0 Å². The van der Waals surface area contributed by atoms with E-state index in [1.807, 2.05) is 0 Å². The van der Waals surface area contributed by atoms with E-state index >= 15 is 0 Å². The maximum atomic E-state index is 13.6. The van der Waals surface area contributed by atoms with Gasteiger partial charge < -0.3 is 10.0 Å². The topological polar surface area (TPSA) is 57.6 Å². The lowest BCUT2D eigenvalue weighted by molar-refractivity contribution is -0.153. The summed E-state index contributed by atoms with van der Waals surface area (Å²) >= 11 is 0. The van der Waals surface area contributed by atoms with Crippen LogP contribution in [0, 0.1) is 11.6 Å². The molecule has 0 saturated heterocycles. The predicted octanol–water partition coefficient (Wildman–Crippen LogP) is 1.35. The Kier molecular flexibility index (Phi) is 3.45. The first-order chi connectivity index (χ1) is 7.85. The Morgan fingerprint density at radius 1 is 1.47 bits per heavy atom. The molecule has 0 spiro atoms. The highest BCUT2D eigenvalue weighted by Crippen LogP contribution is 2.29. The second kappa shape index (κ2) is 4.48. The van der Waals surface area contributed by atoms with Gasteiger partial charge in [-0.3, -0.25) is 4.79 Å². The number of carboxylic acid groups (broad SMARTS) is 1. The van der Waals surface area contributed by atoms with E-state index in [0.717, 1.165) is 24.0 Å². The van der Waals surface area contributed by atoms with Crippen molar-refractivity contribution in [2.24, 2.45) is 0 Å². The van der Waals surface area contributed by atoms with Crippen molar-refractivity contribution < 1.29 is 23.5 Å². The van der Waals surface area contributed by atoms with Crippen LogP contribution in [0.3, 0.4) is 0 Å². The Labute approximate surface area is 96.5 Å². The number of rotatable bonds is 4. The second-order valence-electron chi connectivity index (χ2n) is 3.70. The highest BCUT2D eigenvalue weighted by atomic mass is 19.2. The highest BCUT2D eigenvalue weighted by molar-refractivity contribution is 5.82. The molecule has 1 amide bonds. The van der Waals surface area contributed by atoms with Crippen LogP contribution in [0.1, 0.15) is 12.5 Å². The molecule has 6 heteroatoms. The molecular formula is C11H11F2NO3. The highest BCUT2D eigenvalue weighted by Gasteiger charge is 2.41. The van der Waals surface area contributed by atoms with Crippen LogP contribution in [-0.2, 0) is 15.1 Å². The SMILES string of the molecule is CN(C=O)C(C)(C(=O)O)c1cccc(F)c1F. The van der Waals surface area contributed by atoms with Gasteiger partial charge in [0.05, 0.1) is 0 Å². The smallest absolute Gasteiger partial charge is 0.334 e. The first kappa shape index (κ1) is 13.1. The summed E-state index contributed by atoms with van der Waals surface area (Å²) in [6.45, 7) is 1.13. The van der Waals surface area contributed by atoms with E-state index in [4.69, 9.17) is 5.11 Å². The van der Waals surface area contributed by atoms with E-state index in [2.05, 4.69) is 0 Å². The Morgan fingerprint density at radius 3 is 2.53 bits per heavy atom. The summed E-state index contributed by atoms with van der Waals surface area (Å²) < 4.78 is 26.6. The third kappa shape index (κ3) is 1.98. The van der Waals surface area contributed by atoms with E-state index in [-0.39, 0.29) is 6.41 Å².